The van der Waals surface area contributed by atoms with Gasteiger partial charge < -0.3 is 40.1 Å². The molecule has 0 unspecified atom stereocenters. The van der Waals surface area contributed by atoms with Gasteiger partial charge in [-0.05, 0) is 91.8 Å². The Hall–Kier alpha value is -1.33. The Bertz CT molecular complexity index is 1210. The number of aliphatic hydroxyl groups is 6. The zero-order chi connectivity index (χ0) is 34.1. The molecule has 9 heteroatoms. The van der Waals surface area contributed by atoms with Gasteiger partial charge in [-0.3, -0.25) is 4.79 Å². The molecule has 5 rings (SSSR count). The molecular formula is C37H60O9. The topological polar surface area (TPSA) is 157 Å². The first kappa shape index (κ1) is 36.0. The fraction of sp³-hybridized carbons (Fsp3) is 0.865. The van der Waals surface area contributed by atoms with Crippen LogP contribution < -0.4 is 0 Å². The van der Waals surface area contributed by atoms with Gasteiger partial charge in [-0.15, -0.1) is 0 Å². The van der Waals surface area contributed by atoms with E-state index in [1.54, 1.807) is 0 Å². The van der Waals surface area contributed by atoms with Crippen LogP contribution in [0.15, 0.2) is 23.3 Å². The first-order valence-corrected chi connectivity index (χ1v) is 17.6. The molecule has 1 heterocycles. The maximum atomic E-state index is 14.2. The van der Waals surface area contributed by atoms with E-state index in [0.717, 1.165) is 44.1 Å². The molecule has 46 heavy (non-hydrogen) atoms. The number of carbonyl (C=O) groups excluding carboxylic acids is 1. The highest BCUT2D eigenvalue weighted by Gasteiger charge is 2.67. The predicted octanol–water partition coefficient (Wildman–Crippen LogP) is 4.02. The Morgan fingerprint density at radius 1 is 0.935 bits per heavy atom. The summed E-state index contributed by atoms with van der Waals surface area (Å²) in [6, 6.07) is 0. The first-order valence-electron chi connectivity index (χ1n) is 17.6. The lowest BCUT2D eigenvalue weighted by Crippen LogP contribution is -2.60. The highest BCUT2D eigenvalue weighted by molar-refractivity contribution is 5.73. The number of aliphatic hydroxyl groups excluding tert-OH is 6. The number of hydrogen-bond donors (Lipinski definition) is 6. The van der Waals surface area contributed by atoms with Crippen molar-refractivity contribution in [3.63, 3.8) is 0 Å². The van der Waals surface area contributed by atoms with Gasteiger partial charge in [0.1, 0.15) is 24.4 Å². The second-order valence-electron chi connectivity index (χ2n) is 16.9. The molecule has 9 nitrogen and oxygen atoms in total. The minimum absolute atomic E-state index is 0.0467. The van der Waals surface area contributed by atoms with E-state index in [0.29, 0.717) is 25.2 Å². The normalized spacial score (nSPS) is 45.9. The molecule has 0 spiro atoms. The fourth-order valence-electron chi connectivity index (χ4n) is 10.8. The van der Waals surface area contributed by atoms with Gasteiger partial charge in [0, 0.05) is 5.41 Å². The average molecular weight is 649 g/mol. The predicted molar refractivity (Wildman–Crippen MR) is 173 cm³/mol. The molecule has 0 amide bonds. The first-order chi connectivity index (χ1) is 21.4. The summed E-state index contributed by atoms with van der Waals surface area (Å²) in [4.78, 5) is 14.2. The summed E-state index contributed by atoms with van der Waals surface area (Å²) >= 11 is 0. The van der Waals surface area contributed by atoms with Crippen LogP contribution in [0, 0.1) is 45.3 Å². The highest BCUT2D eigenvalue weighted by atomic mass is 16.7. The van der Waals surface area contributed by atoms with E-state index in [-0.39, 0.29) is 28.8 Å². The molecule has 0 bridgehead atoms. The van der Waals surface area contributed by atoms with E-state index in [1.807, 2.05) is 0 Å². The van der Waals surface area contributed by atoms with E-state index in [4.69, 9.17) is 9.47 Å². The number of carbonyl (C=O) groups is 1. The number of allylic oxidation sites excluding steroid dienone is 2. The van der Waals surface area contributed by atoms with Gasteiger partial charge >= 0.3 is 5.97 Å². The largest absolute Gasteiger partial charge is 0.432 e. The number of fused-ring (bicyclic) bond motifs is 4. The molecule has 0 radical (unpaired) electrons. The van der Waals surface area contributed by atoms with Crippen LogP contribution in [0.5, 0.6) is 0 Å². The molecule has 1 aliphatic heterocycles. The summed E-state index contributed by atoms with van der Waals surface area (Å²) in [5.74, 6) is -0.861. The van der Waals surface area contributed by atoms with Crippen molar-refractivity contribution in [1.29, 1.82) is 0 Å². The van der Waals surface area contributed by atoms with Crippen LogP contribution in [0.2, 0.25) is 0 Å². The van der Waals surface area contributed by atoms with Crippen molar-refractivity contribution in [3.05, 3.63) is 23.3 Å². The molecule has 6 N–H and O–H groups in total. The third-order valence-electron chi connectivity index (χ3n) is 14.3. The van der Waals surface area contributed by atoms with Crippen LogP contribution in [0.25, 0.3) is 0 Å². The van der Waals surface area contributed by atoms with Crippen LogP contribution in [0.4, 0.5) is 0 Å². The Morgan fingerprint density at radius 3 is 2.24 bits per heavy atom. The quantitative estimate of drug-likeness (QED) is 0.169. The second kappa shape index (κ2) is 12.5. The Labute approximate surface area is 275 Å². The summed E-state index contributed by atoms with van der Waals surface area (Å²) in [6.07, 6.45) is -1.91. The van der Waals surface area contributed by atoms with Gasteiger partial charge in [0.15, 0.2) is 0 Å². The minimum Gasteiger partial charge on any atom is -0.432 e. The number of esters is 1. The molecule has 0 aromatic heterocycles. The van der Waals surface area contributed by atoms with Crippen molar-refractivity contribution in [2.75, 3.05) is 6.61 Å². The van der Waals surface area contributed by atoms with E-state index < -0.39 is 66.1 Å². The highest BCUT2D eigenvalue weighted by Crippen LogP contribution is 2.72. The molecule has 3 fully saturated rings. The van der Waals surface area contributed by atoms with Crippen molar-refractivity contribution in [2.24, 2.45) is 45.3 Å². The lowest BCUT2D eigenvalue weighted by molar-refractivity contribution is -0.294. The molecule has 0 aromatic carbocycles. The average Bonchev–Trinajstić information content (AvgIpc) is 3.20. The minimum atomic E-state index is -1.68. The van der Waals surface area contributed by atoms with Crippen LogP contribution >= 0.6 is 0 Å². The van der Waals surface area contributed by atoms with Gasteiger partial charge in [0.2, 0.25) is 6.29 Å². The van der Waals surface area contributed by atoms with Gasteiger partial charge in [0.05, 0.1) is 24.7 Å². The summed E-state index contributed by atoms with van der Waals surface area (Å²) in [7, 11) is 0. The van der Waals surface area contributed by atoms with E-state index in [2.05, 4.69) is 55.0 Å². The van der Waals surface area contributed by atoms with Crippen LogP contribution in [0.3, 0.4) is 0 Å². The van der Waals surface area contributed by atoms with E-state index in [1.165, 1.54) is 11.1 Å². The molecule has 5 aliphatic rings. The summed E-state index contributed by atoms with van der Waals surface area (Å²) in [6.45, 7) is 19.0. The number of ether oxygens (including phenoxy) is 2. The monoisotopic (exact) mass is 648 g/mol. The van der Waals surface area contributed by atoms with Crippen molar-refractivity contribution in [2.45, 2.75) is 149 Å². The lowest BCUT2D eigenvalue weighted by atomic mass is 9.43. The molecule has 13 atom stereocenters. The van der Waals surface area contributed by atoms with E-state index >= 15 is 0 Å². The molecular weight excluding hydrogens is 588 g/mol. The molecule has 262 valence electrons. The smallest absolute Gasteiger partial charge is 0.311 e. The molecule has 4 aliphatic carbocycles. The molecule has 2 saturated carbocycles. The van der Waals surface area contributed by atoms with Crippen molar-refractivity contribution < 1.29 is 44.9 Å². The Balaban J connectivity index is 1.49. The third kappa shape index (κ3) is 5.35. The third-order valence-corrected chi connectivity index (χ3v) is 14.3. The van der Waals surface area contributed by atoms with Crippen LogP contribution in [-0.2, 0) is 14.3 Å². The maximum Gasteiger partial charge on any atom is 0.311 e. The molecule has 0 aromatic rings. The zero-order valence-corrected chi connectivity index (χ0v) is 29.0. The SMILES string of the molecule is C=C(CC[C@@H](C(=O)O[C@@H]1O[C@@H](CO)[C@@H](O)[C@@H](O)[C@H]1O)[C@H]1C[C@H](O)[C@@]2(C)C3=C(CC[C@]12C)[C@@]1(C)CC[C@H](O)C(C)(C)[C@H]1CC3)C(C)C. The summed E-state index contributed by atoms with van der Waals surface area (Å²) < 4.78 is 11.4. The Kier molecular flexibility index (Phi) is 9.79. The number of rotatable bonds is 8. The van der Waals surface area contributed by atoms with Gasteiger partial charge in [-0.1, -0.05) is 71.8 Å². The fourth-order valence-corrected chi connectivity index (χ4v) is 10.8. The lowest BCUT2D eigenvalue weighted by Gasteiger charge is -2.62. The standard InChI is InChI=1S/C37H60O9/c1-19(2)20(3)9-10-21(32(44)46-33-31(43)30(42)29(41)25(18-38)45-33)24-17-28(40)37(8)23-11-12-26-34(4,5)27(39)14-15-35(26,6)22(23)13-16-36(24,37)7/h19,21,24-31,33,38-43H,3,9-18H2,1-2,4-8H3/t21-,24-,25+,26-,27+,28+,29-,30-,31-,33+,35-,36-,37-/m1/s1. The van der Waals surface area contributed by atoms with Crippen LogP contribution in [-0.4, -0.2) is 86.1 Å². The van der Waals surface area contributed by atoms with Crippen molar-refractivity contribution in [3.8, 4) is 0 Å². The zero-order valence-electron chi connectivity index (χ0n) is 29.0. The summed E-state index contributed by atoms with van der Waals surface area (Å²) in [5.41, 5.74) is 2.61. The van der Waals surface area contributed by atoms with Gasteiger partial charge in [-0.2, -0.15) is 0 Å². The van der Waals surface area contributed by atoms with E-state index in [9.17, 15) is 35.4 Å². The summed E-state index contributed by atoms with van der Waals surface area (Å²) in [5, 5.41) is 64.0. The number of hydrogen-bond acceptors (Lipinski definition) is 9. The second-order valence-corrected chi connectivity index (χ2v) is 16.9. The van der Waals surface area contributed by atoms with Crippen LogP contribution in [0.1, 0.15) is 106 Å². The van der Waals surface area contributed by atoms with Gasteiger partial charge in [0.25, 0.3) is 0 Å². The Morgan fingerprint density at radius 2 is 1.61 bits per heavy atom. The molecule has 1 saturated heterocycles. The van der Waals surface area contributed by atoms with Crippen molar-refractivity contribution in [1.82, 2.24) is 0 Å². The maximum absolute atomic E-state index is 14.2. The van der Waals surface area contributed by atoms with Crippen molar-refractivity contribution >= 4 is 5.97 Å². The van der Waals surface area contributed by atoms with Gasteiger partial charge in [-0.25, -0.2) is 0 Å².